The Bertz CT molecular complexity index is 435. The minimum atomic E-state index is -3.13. The molecule has 96 valence electrons. The lowest BCUT2D eigenvalue weighted by molar-refractivity contribution is 0.587. The van der Waals surface area contributed by atoms with Crippen LogP contribution >= 0.6 is 0 Å². The molecule has 0 aromatic heterocycles. The summed E-state index contributed by atoms with van der Waals surface area (Å²) in [7, 11) is -1.20. The van der Waals surface area contributed by atoms with E-state index >= 15 is 0 Å². The average molecular weight is 255 g/mol. The zero-order valence-corrected chi connectivity index (χ0v) is 11.5. The van der Waals surface area contributed by atoms with Crippen molar-refractivity contribution in [2.75, 3.05) is 13.6 Å². The number of benzene rings is 1. The highest BCUT2D eigenvalue weighted by Crippen LogP contribution is 2.16. The van der Waals surface area contributed by atoms with E-state index in [-0.39, 0.29) is 5.25 Å². The third-order valence-corrected chi connectivity index (χ3v) is 4.94. The molecule has 1 aromatic carbocycles. The highest BCUT2D eigenvalue weighted by Gasteiger charge is 2.18. The maximum atomic E-state index is 11.9. The summed E-state index contributed by atoms with van der Waals surface area (Å²) in [5.74, 6) is 0. The summed E-state index contributed by atoms with van der Waals surface area (Å²) in [4.78, 5) is 0.421. The Kier molecular flexibility index (Phi) is 5.15. The molecule has 0 bridgehead atoms. The van der Waals surface area contributed by atoms with Crippen molar-refractivity contribution < 1.29 is 8.42 Å². The molecule has 0 aliphatic rings. The number of nitrogens with one attached hydrogen (secondary N) is 1. The van der Waals surface area contributed by atoms with E-state index in [0.29, 0.717) is 4.90 Å². The van der Waals surface area contributed by atoms with Gasteiger partial charge in [0.15, 0.2) is 9.84 Å². The van der Waals surface area contributed by atoms with E-state index < -0.39 is 9.84 Å². The van der Waals surface area contributed by atoms with Crippen molar-refractivity contribution in [3.63, 3.8) is 0 Å². The van der Waals surface area contributed by atoms with E-state index in [1.165, 1.54) is 5.56 Å². The van der Waals surface area contributed by atoms with Crippen LogP contribution < -0.4 is 5.32 Å². The van der Waals surface area contributed by atoms with Crippen molar-refractivity contribution in [2.45, 2.75) is 36.8 Å². The van der Waals surface area contributed by atoms with E-state index in [0.717, 1.165) is 19.4 Å². The molecule has 0 fully saturated rings. The Morgan fingerprint density at radius 3 is 2.24 bits per heavy atom. The molecule has 3 nitrogen and oxygen atoms in total. The predicted molar refractivity (Wildman–Crippen MR) is 71.0 cm³/mol. The second-order valence-corrected chi connectivity index (χ2v) is 6.95. The molecule has 1 N–H and O–H groups in total. The Hall–Kier alpha value is -0.870. The molecule has 1 aromatic rings. The fourth-order valence-corrected chi connectivity index (χ4v) is 2.65. The van der Waals surface area contributed by atoms with Crippen LogP contribution in [0.4, 0.5) is 0 Å². The summed E-state index contributed by atoms with van der Waals surface area (Å²) < 4.78 is 23.8. The maximum Gasteiger partial charge on any atom is 0.180 e. The van der Waals surface area contributed by atoms with Gasteiger partial charge in [-0.1, -0.05) is 12.1 Å². The second kappa shape index (κ2) is 6.17. The molecule has 0 saturated heterocycles. The predicted octanol–water partition coefficient (Wildman–Crippen LogP) is 2.02. The van der Waals surface area contributed by atoms with Gasteiger partial charge in [-0.3, -0.25) is 0 Å². The van der Waals surface area contributed by atoms with E-state index in [4.69, 9.17) is 0 Å². The van der Waals surface area contributed by atoms with E-state index in [1.54, 1.807) is 26.0 Å². The summed E-state index contributed by atoms with van der Waals surface area (Å²) in [5, 5.41) is 2.73. The zero-order chi connectivity index (χ0) is 12.9. The molecule has 0 amide bonds. The highest BCUT2D eigenvalue weighted by atomic mass is 32.2. The van der Waals surface area contributed by atoms with Gasteiger partial charge in [-0.2, -0.15) is 0 Å². The van der Waals surface area contributed by atoms with Gasteiger partial charge in [0.25, 0.3) is 0 Å². The van der Waals surface area contributed by atoms with Gasteiger partial charge < -0.3 is 5.32 Å². The summed E-state index contributed by atoms with van der Waals surface area (Å²) in [6, 6.07) is 7.24. The second-order valence-electron chi connectivity index (χ2n) is 4.44. The lowest BCUT2D eigenvalue weighted by atomic mass is 10.1. The summed E-state index contributed by atoms with van der Waals surface area (Å²) in [6.45, 7) is 4.39. The summed E-state index contributed by atoms with van der Waals surface area (Å²) >= 11 is 0. The van der Waals surface area contributed by atoms with Crippen LogP contribution in [0, 0.1) is 0 Å². The van der Waals surface area contributed by atoms with Crippen molar-refractivity contribution in [1.29, 1.82) is 0 Å². The van der Waals surface area contributed by atoms with Crippen LogP contribution in [0.15, 0.2) is 29.2 Å². The molecule has 0 aliphatic carbocycles. The Morgan fingerprint density at radius 2 is 1.76 bits per heavy atom. The summed E-state index contributed by atoms with van der Waals surface area (Å²) in [5.41, 5.74) is 1.18. The van der Waals surface area contributed by atoms with Crippen molar-refractivity contribution in [3.05, 3.63) is 29.8 Å². The standard InChI is InChI=1S/C13H21NO2S/c1-11(2)17(15,16)13-8-6-12(7-9-13)5-4-10-14-3/h6-9,11,14H,4-5,10H2,1-3H3. The topological polar surface area (TPSA) is 46.2 Å². The molecule has 0 spiro atoms. The Morgan fingerprint density at radius 1 is 1.18 bits per heavy atom. The number of hydrogen-bond acceptors (Lipinski definition) is 3. The highest BCUT2D eigenvalue weighted by molar-refractivity contribution is 7.92. The number of hydrogen-bond donors (Lipinski definition) is 1. The summed E-state index contributed by atoms with van der Waals surface area (Å²) in [6.07, 6.45) is 2.04. The van der Waals surface area contributed by atoms with Crippen LogP contribution in [-0.2, 0) is 16.3 Å². The van der Waals surface area contributed by atoms with Crippen molar-refractivity contribution >= 4 is 9.84 Å². The minimum absolute atomic E-state index is 0.363. The minimum Gasteiger partial charge on any atom is -0.320 e. The first-order valence-electron chi connectivity index (χ1n) is 5.96. The SMILES string of the molecule is CNCCCc1ccc(S(=O)(=O)C(C)C)cc1. The van der Waals surface area contributed by atoms with E-state index in [9.17, 15) is 8.42 Å². The van der Waals surface area contributed by atoms with Gasteiger partial charge in [-0.05, 0) is 58.0 Å². The fraction of sp³-hybridized carbons (Fsp3) is 0.538. The van der Waals surface area contributed by atoms with Crippen LogP contribution in [0.2, 0.25) is 0 Å². The number of sulfone groups is 1. The monoisotopic (exact) mass is 255 g/mol. The largest absolute Gasteiger partial charge is 0.320 e. The molecule has 0 aliphatic heterocycles. The lowest BCUT2D eigenvalue weighted by Gasteiger charge is -2.08. The lowest BCUT2D eigenvalue weighted by Crippen LogP contribution is -2.14. The third kappa shape index (κ3) is 3.82. The molecule has 0 radical (unpaired) electrons. The van der Waals surface area contributed by atoms with Gasteiger partial charge in [0.2, 0.25) is 0 Å². The molecule has 17 heavy (non-hydrogen) atoms. The molecule has 0 heterocycles. The molecule has 1 rings (SSSR count). The molecular formula is C13H21NO2S. The smallest absolute Gasteiger partial charge is 0.180 e. The van der Waals surface area contributed by atoms with Crippen LogP contribution in [0.1, 0.15) is 25.8 Å². The van der Waals surface area contributed by atoms with Crippen LogP contribution in [0.25, 0.3) is 0 Å². The zero-order valence-electron chi connectivity index (χ0n) is 10.7. The van der Waals surface area contributed by atoms with Gasteiger partial charge in [-0.15, -0.1) is 0 Å². The van der Waals surface area contributed by atoms with Crippen molar-refractivity contribution in [2.24, 2.45) is 0 Å². The number of rotatable bonds is 6. The van der Waals surface area contributed by atoms with Gasteiger partial charge in [0.1, 0.15) is 0 Å². The molecular weight excluding hydrogens is 234 g/mol. The average Bonchev–Trinajstić information content (AvgIpc) is 2.30. The van der Waals surface area contributed by atoms with E-state index in [1.807, 2.05) is 19.2 Å². The van der Waals surface area contributed by atoms with Crippen LogP contribution in [0.3, 0.4) is 0 Å². The van der Waals surface area contributed by atoms with Crippen molar-refractivity contribution in [3.8, 4) is 0 Å². The Balaban J connectivity index is 2.75. The first-order valence-corrected chi connectivity index (χ1v) is 7.50. The quantitative estimate of drug-likeness (QED) is 0.791. The molecule has 0 unspecified atom stereocenters. The van der Waals surface area contributed by atoms with Gasteiger partial charge in [0.05, 0.1) is 10.1 Å². The van der Waals surface area contributed by atoms with Crippen LogP contribution in [0.5, 0.6) is 0 Å². The Labute approximate surface area is 104 Å². The third-order valence-electron chi connectivity index (χ3n) is 2.76. The van der Waals surface area contributed by atoms with Gasteiger partial charge in [0, 0.05) is 0 Å². The van der Waals surface area contributed by atoms with Crippen molar-refractivity contribution in [1.82, 2.24) is 5.32 Å². The fourth-order valence-electron chi connectivity index (χ4n) is 1.59. The normalized spacial score (nSPS) is 12.0. The number of aryl methyl sites for hydroxylation is 1. The van der Waals surface area contributed by atoms with Crippen LogP contribution in [-0.4, -0.2) is 27.3 Å². The first-order chi connectivity index (χ1) is 7.98. The van der Waals surface area contributed by atoms with E-state index in [2.05, 4.69) is 5.32 Å². The first kappa shape index (κ1) is 14.2. The molecule has 0 saturated carbocycles. The van der Waals surface area contributed by atoms with Gasteiger partial charge in [-0.25, -0.2) is 8.42 Å². The molecule has 4 heteroatoms. The van der Waals surface area contributed by atoms with Gasteiger partial charge >= 0.3 is 0 Å². The maximum absolute atomic E-state index is 11.9. The molecule has 0 atom stereocenters.